The van der Waals surface area contributed by atoms with E-state index in [-0.39, 0.29) is 16.2 Å². The zero-order chi connectivity index (χ0) is 12.6. The molecule has 0 spiro atoms. The van der Waals surface area contributed by atoms with E-state index in [0.29, 0.717) is 21.7 Å². The Kier molecular flexibility index (Phi) is 2.58. The quantitative estimate of drug-likeness (QED) is 0.481. The molecule has 0 fully saturated rings. The second-order valence-corrected chi connectivity index (χ2v) is 3.30. The van der Waals surface area contributed by atoms with Crippen molar-refractivity contribution in [3.63, 3.8) is 0 Å². The van der Waals surface area contributed by atoms with Crippen molar-refractivity contribution in [2.24, 2.45) is 0 Å². The van der Waals surface area contributed by atoms with Gasteiger partial charge in [0.25, 0.3) is 0 Å². The lowest BCUT2D eigenvalue weighted by molar-refractivity contribution is -0.725. The van der Waals surface area contributed by atoms with Crippen molar-refractivity contribution in [2.75, 3.05) is 21.3 Å². The maximum absolute atomic E-state index is 11.5. The van der Waals surface area contributed by atoms with Crippen LogP contribution in [0.5, 0.6) is 17.4 Å². The lowest BCUT2D eigenvalue weighted by Crippen LogP contribution is -2.36. The largest absolute Gasteiger partial charge is 0.591 e. The number of nitrogens with zero attached hydrogens (tertiary/aromatic N) is 2. The SMILES string of the molecule is COc1cc2c(OC)[n+]([O-])n(O)c2cc1OC. The minimum Gasteiger partial charge on any atom is -0.591 e. The molecule has 1 aromatic carbocycles. The smallest absolute Gasteiger partial charge is 0.416 e. The highest BCUT2D eigenvalue weighted by Gasteiger charge is 2.24. The summed E-state index contributed by atoms with van der Waals surface area (Å²) in [4.78, 5) is 0.680. The van der Waals surface area contributed by atoms with Gasteiger partial charge in [-0.1, -0.05) is 0 Å². The van der Waals surface area contributed by atoms with Gasteiger partial charge in [0.2, 0.25) is 0 Å². The summed E-state index contributed by atoms with van der Waals surface area (Å²) < 4.78 is 15.1. The third-order valence-electron chi connectivity index (χ3n) is 2.49. The normalized spacial score (nSPS) is 10.5. The molecule has 7 heteroatoms. The van der Waals surface area contributed by atoms with E-state index in [1.165, 1.54) is 27.4 Å². The maximum Gasteiger partial charge on any atom is 0.416 e. The Labute approximate surface area is 96.9 Å². The fraction of sp³-hybridized carbons (Fsp3) is 0.300. The highest BCUT2D eigenvalue weighted by atomic mass is 16.6. The molecule has 2 rings (SSSR count). The molecular formula is C10H12N2O5. The van der Waals surface area contributed by atoms with E-state index >= 15 is 0 Å². The van der Waals surface area contributed by atoms with Crippen LogP contribution in [0.15, 0.2) is 12.1 Å². The van der Waals surface area contributed by atoms with Crippen molar-refractivity contribution in [3.05, 3.63) is 17.3 Å². The predicted octanol–water partition coefficient (Wildman–Crippen LogP) is 0.538. The molecule has 92 valence electrons. The number of methoxy groups -OCH3 is 3. The Balaban J connectivity index is 2.82. The summed E-state index contributed by atoms with van der Waals surface area (Å²) in [6.07, 6.45) is 0. The van der Waals surface area contributed by atoms with Gasteiger partial charge in [0.05, 0.1) is 21.3 Å². The Bertz CT molecular complexity index is 564. The van der Waals surface area contributed by atoms with Crippen LogP contribution in [0.4, 0.5) is 0 Å². The van der Waals surface area contributed by atoms with Crippen molar-refractivity contribution in [2.45, 2.75) is 0 Å². The molecule has 0 atom stereocenters. The van der Waals surface area contributed by atoms with Gasteiger partial charge in [-0.25, -0.2) is 0 Å². The number of hydrogen-bond acceptors (Lipinski definition) is 5. The first kappa shape index (κ1) is 11.2. The summed E-state index contributed by atoms with van der Waals surface area (Å²) in [7, 11) is 4.30. The number of ether oxygens (including phenoxy) is 3. The Morgan fingerprint density at radius 3 is 2.24 bits per heavy atom. The average Bonchev–Trinajstić information content (AvgIpc) is 2.59. The lowest BCUT2D eigenvalue weighted by Gasteiger charge is -2.05. The molecule has 0 aliphatic carbocycles. The van der Waals surface area contributed by atoms with Crippen molar-refractivity contribution in [1.82, 2.24) is 4.85 Å². The summed E-state index contributed by atoms with van der Waals surface area (Å²) in [5.74, 6) is 0.851. The van der Waals surface area contributed by atoms with Crippen molar-refractivity contribution in [1.29, 1.82) is 0 Å². The van der Waals surface area contributed by atoms with Crippen LogP contribution < -0.4 is 19.1 Å². The summed E-state index contributed by atoms with van der Waals surface area (Å²) in [6.45, 7) is 0. The summed E-state index contributed by atoms with van der Waals surface area (Å²) in [5.41, 5.74) is 0.273. The minimum absolute atomic E-state index is 0.0107. The van der Waals surface area contributed by atoms with Gasteiger partial charge in [-0.05, 0) is 4.85 Å². The van der Waals surface area contributed by atoms with Crippen LogP contribution in [0.2, 0.25) is 0 Å². The van der Waals surface area contributed by atoms with Gasteiger partial charge >= 0.3 is 5.88 Å². The van der Waals surface area contributed by atoms with Gasteiger partial charge in [0, 0.05) is 17.0 Å². The zero-order valence-corrected chi connectivity index (χ0v) is 9.63. The number of benzene rings is 1. The minimum atomic E-state index is -0.0107. The van der Waals surface area contributed by atoms with E-state index in [1.807, 2.05) is 0 Å². The Hall–Kier alpha value is -2.31. The van der Waals surface area contributed by atoms with Crippen LogP contribution in [0, 0.1) is 5.21 Å². The summed E-state index contributed by atoms with van der Waals surface area (Å²) in [5, 5.41) is 21.6. The van der Waals surface area contributed by atoms with Crippen LogP contribution in [0.1, 0.15) is 0 Å². The Morgan fingerprint density at radius 1 is 1.12 bits per heavy atom. The third kappa shape index (κ3) is 1.47. The standard InChI is InChI=1S/C10H12N2O5/c1-15-8-4-6-7(5-9(8)16-2)11(13)12(14)10(6)17-3/h4-5,13H,1-3H3. The number of rotatable bonds is 3. The molecular weight excluding hydrogens is 228 g/mol. The molecule has 0 saturated heterocycles. The molecule has 0 bridgehead atoms. The fourth-order valence-corrected chi connectivity index (χ4v) is 1.68. The van der Waals surface area contributed by atoms with Crippen molar-refractivity contribution < 1.29 is 24.3 Å². The first-order chi connectivity index (χ1) is 8.13. The first-order valence-corrected chi connectivity index (χ1v) is 4.77. The van der Waals surface area contributed by atoms with E-state index < -0.39 is 0 Å². The molecule has 1 aromatic heterocycles. The molecule has 0 amide bonds. The number of aromatic nitrogens is 2. The topological polar surface area (TPSA) is 79.8 Å². The van der Waals surface area contributed by atoms with Crippen LogP contribution in [-0.4, -0.2) is 31.4 Å². The molecule has 1 N–H and O–H groups in total. The summed E-state index contributed by atoms with van der Waals surface area (Å²) in [6, 6.07) is 3.05. The van der Waals surface area contributed by atoms with Crippen LogP contribution >= 0.6 is 0 Å². The molecule has 0 unspecified atom stereocenters. The van der Waals surface area contributed by atoms with Gasteiger partial charge in [-0.2, -0.15) is 0 Å². The van der Waals surface area contributed by atoms with Gasteiger partial charge in [-0.15, -0.1) is 0 Å². The van der Waals surface area contributed by atoms with E-state index in [4.69, 9.17) is 14.2 Å². The molecule has 1 heterocycles. The van der Waals surface area contributed by atoms with E-state index in [2.05, 4.69) is 0 Å². The van der Waals surface area contributed by atoms with E-state index in [0.717, 1.165) is 0 Å². The lowest BCUT2D eigenvalue weighted by atomic mass is 10.2. The molecule has 0 aliphatic rings. The zero-order valence-electron chi connectivity index (χ0n) is 9.63. The highest BCUT2D eigenvalue weighted by Crippen LogP contribution is 2.34. The average molecular weight is 240 g/mol. The Morgan fingerprint density at radius 2 is 1.71 bits per heavy atom. The van der Waals surface area contributed by atoms with Crippen molar-refractivity contribution >= 4 is 10.9 Å². The predicted molar refractivity (Wildman–Crippen MR) is 57.7 cm³/mol. The number of fused-ring (bicyclic) bond motifs is 1. The third-order valence-corrected chi connectivity index (χ3v) is 2.49. The van der Waals surface area contributed by atoms with E-state index in [1.54, 1.807) is 6.07 Å². The van der Waals surface area contributed by atoms with Gasteiger partial charge < -0.3 is 24.6 Å². The van der Waals surface area contributed by atoms with Crippen LogP contribution in [0.25, 0.3) is 10.9 Å². The van der Waals surface area contributed by atoms with Crippen LogP contribution in [0.3, 0.4) is 0 Å². The molecule has 7 nitrogen and oxygen atoms in total. The summed E-state index contributed by atoms with van der Waals surface area (Å²) >= 11 is 0. The molecule has 0 saturated carbocycles. The highest BCUT2D eigenvalue weighted by molar-refractivity contribution is 5.86. The fourth-order valence-electron chi connectivity index (χ4n) is 1.68. The van der Waals surface area contributed by atoms with Crippen molar-refractivity contribution in [3.8, 4) is 17.4 Å². The monoisotopic (exact) mass is 240 g/mol. The van der Waals surface area contributed by atoms with Crippen LogP contribution in [-0.2, 0) is 0 Å². The first-order valence-electron chi connectivity index (χ1n) is 4.77. The van der Waals surface area contributed by atoms with Gasteiger partial charge in [-0.3, -0.25) is 0 Å². The van der Waals surface area contributed by atoms with Gasteiger partial charge in [0.15, 0.2) is 17.0 Å². The molecule has 0 radical (unpaired) electrons. The van der Waals surface area contributed by atoms with Gasteiger partial charge in [0.1, 0.15) is 5.39 Å². The molecule has 0 aliphatic heterocycles. The molecule has 2 aromatic rings. The maximum atomic E-state index is 11.5. The second-order valence-electron chi connectivity index (χ2n) is 3.30. The number of hydrogen-bond donors (Lipinski definition) is 1. The second kappa shape index (κ2) is 3.93. The molecule has 17 heavy (non-hydrogen) atoms. The van der Waals surface area contributed by atoms with E-state index in [9.17, 15) is 10.4 Å².